The lowest BCUT2D eigenvalue weighted by atomic mass is 10.2. The molecule has 2 heterocycles. The van der Waals surface area contributed by atoms with Crippen LogP contribution < -0.4 is 11.1 Å². The fourth-order valence-electron chi connectivity index (χ4n) is 1.77. The van der Waals surface area contributed by atoms with E-state index in [1.165, 1.54) is 18.4 Å². The van der Waals surface area contributed by atoms with Crippen molar-refractivity contribution >= 4 is 28.0 Å². The topological polar surface area (TPSA) is 73.6 Å². The second-order valence-electron chi connectivity index (χ2n) is 3.90. The summed E-state index contributed by atoms with van der Waals surface area (Å²) < 4.78 is 10.1. The summed E-state index contributed by atoms with van der Waals surface area (Å²) in [5.41, 5.74) is 6.61. The van der Waals surface area contributed by atoms with Gasteiger partial charge in [0, 0.05) is 13.2 Å². The number of rotatable bonds is 4. The SMILES string of the molecule is COC(=O)c1cc(NCC2CCCO2)c(N)s1. The van der Waals surface area contributed by atoms with Crippen LogP contribution in [0, 0.1) is 0 Å². The van der Waals surface area contributed by atoms with Crippen molar-refractivity contribution in [1.29, 1.82) is 0 Å². The summed E-state index contributed by atoms with van der Waals surface area (Å²) >= 11 is 1.23. The quantitative estimate of drug-likeness (QED) is 0.802. The summed E-state index contributed by atoms with van der Waals surface area (Å²) in [6, 6.07) is 1.72. The first-order valence-electron chi connectivity index (χ1n) is 5.54. The summed E-state index contributed by atoms with van der Waals surface area (Å²) in [4.78, 5) is 11.8. The number of methoxy groups -OCH3 is 1. The highest BCUT2D eigenvalue weighted by atomic mass is 32.1. The molecule has 0 aliphatic carbocycles. The van der Waals surface area contributed by atoms with Gasteiger partial charge in [0.25, 0.3) is 0 Å². The van der Waals surface area contributed by atoms with E-state index in [-0.39, 0.29) is 12.1 Å². The Morgan fingerprint density at radius 2 is 2.59 bits per heavy atom. The Hall–Kier alpha value is -1.27. The van der Waals surface area contributed by atoms with Crippen molar-refractivity contribution in [2.45, 2.75) is 18.9 Å². The molecule has 3 N–H and O–H groups in total. The van der Waals surface area contributed by atoms with Crippen LogP contribution in [0.25, 0.3) is 0 Å². The highest BCUT2D eigenvalue weighted by Crippen LogP contribution is 2.30. The zero-order valence-electron chi connectivity index (χ0n) is 9.69. The van der Waals surface area contributed by atoms with Crippen molar-refractivity contribution in [3.05, 3.63) is 10.9 Å². The fourth-order valence-corrected chi connectivity index (χ4v) is 2.59. The van der Waals surface area contributed by atoms with Gasteiger partial charge in [-0.15, -0.1) is 11.3 Å². The van der Waals surface area contributed by atoms with Crippen molar-refractivity contribution in [2.24, 2.45) is 0 Å². The second-order valence-corrected chi connectivity index (χ2v) is 4.98. The number of hydrogen-bond donors (Lipinski definition) is 2. The average molecular weight is 256 g/mol. The third kappa shape index (κ3) is 2.89. The highest BCUT2D eigenvalue weighted by Gasteiger charge is 2.17. The Morgan fingerprint density at radius 3 is 3.24 bits per heavy atom. The van der Waals surface area contributed by atoms with E-state index >= 15 is 0 Å². The number of nitrogen functional groups attached to an aromatic ring is 1. The molecule has 1 aromatic rings. The maximum absolute atomic E-state index is 11.3. The van der Waals surface area contributed by atoms with Gasteiger partial charge in [-0.2, -0.15) is 0 Å². The minimum atomic E-state index is -0.355. The van der Waals surface area contributed by atoms with Crippen LogP contribution >= 0.6 is 11.3 Å². The molecule has 1 aromatic heterocycles. The summed E-state index contributed by atoms with van der Waals surface area (Å²) in [6.07, 6.45) is 2.43. The van der Waals surface area contributed by atoms with E-state index in [2.05, 4.69) is 10.1 Å². The molecule has 0 spiro atoms. The van der Waals surface area contributed by atoms with Gasteiger partial charge in [0.2, 0.25) is 0 Å². The van der Waals surface area contributed by atoms with E-state index in [1.807, 2.05) is 0 Å². The molecule has 2 rings (SSSR count). The number of esters is 1. The number of carbonyl (C=O) groups excluding carboxylic acids is 1. The van der Waals surface area contributed by atoms with Crippen molar-refractivity contribution in [2.75, 3.05) is 31.3 Å². The molecule has 1 atom stereocenters. The minimum Gasteiger partial charge on any atom is -0.465 e. The van der Waals surface area contributed by atoms with Crippen LogP contribution in [-0.2, 0) is 9.47 Å². The molecule has 6 heteroatoms. The Morgan fingerprint density at radius 1 is 1.76 bits per heavy atom. The number of hydrogen-bond acceptors (Lipinski definition) is 6. The predicted octanol–water partition coefficient (Wildman–Crippen LogP) is 1.71. The number of anilines is 2. The molecular formula is C11H16N2O3S. The maximum atomic E-state index is 11.3. The average Bonchev–Trinajstić information content (AvgIpc) is 2.95. The van der Waals surface area contributed by atoms with Gasteiger partial charge in [-0.3, -0.25) is 0 Å². The molecule has 1 saturated heterocycles. The highest BCUT2D eigenvalue weighted by molar-refractivity contribution is 7.18. The molecule has 17 heavy (non-hydrogen) atoms. The van der Waals surface area contributed by atoms with Gasteiger partial charge in [0.15, 0.2) is 0 Å². The Balaban J connectivity index is 1.95. The van der Waals surface area contributed by atoms with E-state index in [9.17, 15) is 4.79 Å². The van der Waals surface area contributed by atoms with Crippen LogP contribution in [0.4, 0.5) is 10.7 Å². The van der Waals surface area contributed by atoms with Crippen LogP contribution in [0.3, 0.4) is 0 Å². The number of ether oxygens (including phenoxy) is 2. The number of thiophene rings is 1. The molecule has 1 aliphatic heterocycles. The van der Waals surface area contributed by atoms with Crippen LogP contribution in [0.2, 0.25) is 0 Å². The summed E-state index contributed by atoms with van der Waals surface area (Å²) in [6.45, 7) is 1.56. The molecule has 0 bridgehead atoms. The van der Waals surface area contributed by atoms with Gasteiger partial charge in [0.05, 0.1) is 18.9 Å². The molecule has 1 aliphatic rings. The molecule has 0 aromatic carbocycles. The standard InChI is InChI=1S/C11H16N2O3S/c1-15-11(14)9-5-8(10(12)17-9)13-6-7-3-2-4-16-7/h5,7,13H,2-4,6,12H2,1H3. The molecule has 5 nitrogen and oxygen atoms in total. The lowest BCUT2D eigenvalue weighted by Gasteiger charge is -2.10. The van der Waals surface area contributed by atoms with E-state index in [1.54, 1.807) is 6.07 Å². The van der Waals surface area contributed by atoms with Gasteiger partial charge in [-0.25, -0.2) is 4.79 Å². The van der Waals surface area contributed by atoms with Gasteiger partial charge < -0.3 is 20.5 Å². The molecule has 0 saturated carbocycles. The van der Waals surface area contributed by atoms with E-state index in [4.69, 9.17) is 10.5 Å². The van der Waals surface area contributed by atoms with Crippen LogP contribution in [0.5, 0.6) is 0 Å². The van der Waals surface area contributed by atoms with Crippen LogP contribution in [0.1, 0.15) is 22.5 Å². The molecule has 1 fully saturated rings. The predicted molar refractivity (Wildman–Crippen MR) is 67.5 cm³/mol. The second kappa shape index (κ2) is 5.37. The minimum absolute atomic E-state index is 0.246. The van der Waals surface area contributed by atoms with Crippen molar-refractivity contribution in [3.8, 4) is 0 Å². The zero-order valence-corrected chi connectivity index (χ0v) is 10.5. The zero-order chi connectivity index (χ0) is 12.3. The Bertz CT molecular complexity index is 399. The molecule has 94 valence electrons. The monoisotopic (exact) mass is 256 g/mol. The van der Waals surface area contributed by atoms with Gasteiger partial charge in [0.1, 0.15) is 9.88 Å². The first-order chi connectivity index (χ1) is 8.20. The molecule has 0 amide bonds. The number of carbonyl (C=O) groups is 1. The van der Waals surface area contributed by atoms with Crippen molar-refractivity contribution in [3.63, 3.8) is 0 Å². The van der Waals surface area contributed by atoms with E-state index in [0.29, 0.717) is 9.88 Å². The first-order valence-corrected chi connectivity index (χ1v) is 6.35. The summed E-state index contributed by atoms with van der Waals surface area (Å²) in [5.74, 6) is -0.355. The van der Waals surface area contributed by atoms with Gasteiger partial charge in [-0.05, 0) is 18.9 Å². The van der Waals surface area contributed by atoms with Crippen LogP contribution in [-0.4, -0.2) is 32.3 Å². The normalized spacial score (nSPS) is 19.2. The Labute approximate surface area is 104 Å². The van der Waals surface area contributed by atoms with Crippen molar-refractivity contribution < 1.29 is 14.3 Å². The summed E-state index contributed by atoms with van der Waals surface area (Å²) in [5, 5.41) is 3.81. The third-order valence-corrected chi connectivity index (χ3v) is 3.64. The lowest BCUT2D eigenvalue weighted by Crippen LogP contribution is -2.18. The number of nitrogens with one attached hydrogen (secondary N) is 1. The molecular weight excluding hydrogens is 240 g/mol. The van der Waals surface area contributed by atoms with Gasteiger partial charge in [-0.1, -0.05) is 0 Å². The van der Waals surface area contributed by atoms with Crippen LogP contribution in [0.15, 0.2) is 6.07 Å². The lowest BCUT2D eigenvalue weighted by molar-refractivity contribution is 0.0606. The van der Waals surface area contributed by atoms with Crippen molar-refractivity contribution in [1.82, 2.24) is 0 Å². The van der Waals surface area contributed by atoms with E-state index < -0.39 is 0 Å². The largest absolute Gasteiger partial charge is 0.465 e. The number of nitrogens with two attached hydrogens (primary N) is 1. The fraction of sp³-hybridized carbons (Fsp3) is 0.545. The van der Waals surface area contributed by atoms with E-state index in [0.717, 1.165) is 31.7 Å². The van der Waals surface area contributed by atoms with Gasteiger partial charge >= 0.3 is 5.97 Å². The Kier molecular flexibility index (Phi) is 3.86. The smallest absolute Gasteiger partial charge is 0.348 e. The first kappa shape index (κ1) is 12.2. The summed E-state index contributed by atoms with van der Waals surface area (Å²) in [7, 11) is 1.36. The third-order valence-electron chi connectivity index (χ3n) is 2.69. The maximum Gasteiger partial charge on any atom is 0.348 e. The molecule has 1 unspecified atom stereocenters. The molecule has 0 radical (unpaired) electrons.